The third kappa shape index (κ3) is 3.87. The van der Waals surface area contributed by atoms with Crippen LogP contribution in [0.15, 0.2) is 54.7 Å². The Balaban J connectivity index is 1.67. The molecule has 0 saturated carbocycles. The molecule has 0 radical (unpaired) electrons. The van der Waals surface area contributed by atoms with Crippen molar-refractivity contribution in [3.8, 4) is 0 Å². The van der Waals surface area contributed by atoms with Crippen LogP contribution in [0.3, 0.4) is 0 Å². The van der Waals surface area contributed by atoms with Gasteiger partial charge in [0.25, 0.3) is 0 Å². The first-order valence-electron chi connectivity index (χ1n) is 7.89. The van der Waals surface area contributed by atoms with Crippen molar-refractivity contribution in [2.24, 2.45) is 0 Å². The lowest BCUT2D eigenvalue weighted by Crippen LogP contribution is -2.29. The maximum atomic E-state index is 12.1. The fraction of sp³-hybridized carbons (Fsp3) is 0.158. The molecular formula is C19H19N3O3. The summed E-state index contributed by atoms with van der Waals surface area (Å²) >= 11 is 0. The molecule has 0 unspecified atom stereocenters. The molecule has 0 aliphatic rings. The summed E-state index contributed by atoms with van der Waals surface area (Å²) in [6.45, 7) is 1.91. The minimum absolute atomic E-state index is 0.0984. The highest BCUT2D eigenvalue weighted by Crippen LogP contribution is 2.20. The summed E-state index contributed by atoms with van der Waals surface area (Å²) < 4.78 is 5.26. The zero-order valence-corrected chi connectivity index (χ0v) is 14.0. The second-order valence-electron chi connectivity index (χ2n) is 5.69. The predicted octanol–water partition coefficient (Wildman–Crippen LogP) is 3.45. The fourth-order valence-electron chi connectivity index (χ4n) is 2.51. The van der Waals surface area contributed by atoms with Crippen LogP contribution in [0.5, 0.6) is 0 Å². The van der Waals surface area contributed by atoms with Gasteiger partial charge in [-0.15, -0.1) is 0 Å². The van der Waals surface area contributed by atoms with E-state index in [0.717, 1.165) is 16.5 Å². The van der Waals surface area contributed by atoms with Gasteiger partial charge in [0, 0.05) is 35.6 Å². The summed E-state index contributed by atoms with van der Waals surface area (Å²) in [4.78, 5) is 27.3. The van der Waals surface area contributed by atoms with E-state index in [1.54, 1.807) is 37.4 Å². The minimum Gasteiger partial charge on any atom is -0.377 e. The van der Waals surface area contributed by atoms with Crippen LogP contribution in [-0.2, 0) is 14.3 Å². The zero-order chi connectivity index (χ0) is 17.8. The highest BCUT2D eigenvalue weighted by atomic mass is 16.5. The van der Waals surface area contributed by atoms with E-state index >= 15 is 0 Å². The van der Waals surface area contributed by atoms with Crippen molar-refractivity contribution in [2.45, 2.75) is 13.0 Å². The van der Waals surface area contributed by atoms with Crippen LogP contribution in [0.25, 0.3) is 10.9 Å². The molecule has 0 saturated heterocycles. The Bertz CT molecular complexity index is 917. The first-order valence-corrected chi connectivity index (χ1v) is 7.89. The fourth-order valence-corrected chi connectivity index (χ4v) is 2.51. The Morgan fingerprint density at radius 1 is 1.00 bits per heavy atom. The summed E-state index contributed by atoms with van der Waals surface area (Å²) in [5.74, 6) is -1.45. The monoisotopic (exact) mass is 337 g/mol. The van der Waals surface area contributed by atoms with E-state index in [2.05, 4.69) is 15.6 Å². The number of fused-ring (bicyclic) bond motifs is 1. The van der Waals surface area contributed by atoms with Gasteiger partial charge in [-0.1, -0.05) is 12.1 Å². The number of carbonyl (C=O) groups is 2. The van der Waals surface area contributed by atoms with Crippen LogP contribution in [0.4, 0.5) is 11.4 Å². The van der Waals surface area contributed by atoms with Gasteiger partial charge in [-0.05, 0) is 48.9 Å². The Morgan fingerprint density at radius 3 is 2.44 bits per heavy atom. The number of carbonyl (C=O) groups excluding carboxylic acids is 2. The molecule has 1 atom stereocenters. The molecule has 0 aliphatic carbocycles. The van der Waals surface area contributed by atoms with Gasteiger partial charge in [0.05, 0.1) is 6.10 Å². The molecule has 1 heterocycles. The number of methoxy groups -OCH3 is 1. The number of benzene rings is 2. The highest BCUT2D eigenvalue weighted by Gasteiger charge is 2.15. The molecule has 6 heteroatoms. The zero-order valence-electron chi connectivity index (χ0n) is 14.0. The third-order valence-electron chi connectivity index (χ3n) is 3.98. The SMILES string of the molecule is CO[C@@H](C)c1cccc(NC(=O)C(=O)Nc2ccc3[nH]ccc3c2)c1. The first kappa shape index (κ1) is 16.7. The van der Waals surface area contributed by atoms with Gasteiger partial charge >= 0.3 is 11.8 Å². The molecule has 25 heavy (non-hydrogen) atoms. The molecule has 6 nitrogen and oxygen atoms in total. The van der Waals surface area contributed by atoms with Crippen LogP contribution in [0.2, 0.25) is 0 Å². The molecule has 128 valence electrons. The molecule has 2 aromatic carbocycles. The van der Waals surface area contributed by atoms with Crippen LogP contribution in [0, 0.1) is 0 Å². The molecule has 1 aromatic heterocycles. The summed E-state index contributed by atoms with van der Waals surface area (Å²) in [7, 11) is 1.62. The van der Waals surface area contributed by atoms with Gasteiger partial charge in [0.1, 0.15) is 0 Å². The maximum absolute atomic E-state index is 12.1. The Hall–Kier alpha value is -3.12. The van der Waals surface area contributed by atoms with E-state index in [9.17, 15) is 9.59 Å². The number of anilines is 2. The summed E-state index contributed by atoms with van der Waals surface area (Å²) in [6.07, 6.45) is 1.72. The van der Waals surface area contributed by atoms with E-state index in [0.29, 0.717) is 11.4 Å². The number of H-pyrrole nitrogens is 1. The molecule has 0 fully saturated rings. The van der Waals surface area contributed by atoms with E-state index in [-0.39, 0.29) is 6.10 Å². The standard InChI is InChI=1S/C19H19N3O3/c1-12(25-2)13-4-3-5-15(10-13)21-18(23)19(24)22-16-6-7-17-14(11-16)8-9-20-17/h3-12,20H,1-2H3,(H,21,23)(H,22,24)/t12-/m0/s1. The molecule has 2 amide bonds. The van der Waals surface area contributed by atoms with Crippen LogP contribution in [-0.4, -0.2) is 23.9 Å². The number of nitrogens with one attached hydrogen (secondary N) is 3. The molecule has 0 bridgehead atoms. The van der Waals surface area contributed by atoms with E-state index in [4.69, 9.17) is 4.74 Å². The Labute approximate surface area is 145 Å². The van der Waals surface area contributed by atoms with Crippen LogP contribution >= 0.6 is 0 Å². The van der Waals surface area contributed by atoms with Gasteiger partial charge in [-0.25, -0.2) is 0 Å². The number of hydrogen-bond donors (Lipinski definition) is 3. The number of amides is 2. The molecular weight excluding hydrogens is 318 g/mol. The van der Waals surface area contributed by atoms with Gasteiger partial charge in [0.15, 0.2) is 0 Å². The largest absolute Gasteiger partial charge is 0.377 e. The summed E-state index contributed by atoms with van der Waals surface area (Å²) in [5, 5.41) is 6.16. The smallest absolute Gasteiger partial charge is 0.314 e. The van der Waals surface area contributed by atoms with Crippen molar-refractivity contribution in [3.63, 3.8) is 0 Å². The minimum atomic E-state index is -0.726. The lowest BCUT2D eigenvalue weighted by molar-refractivity contribution is -0.132. The van der Waals surface area contributed by atoms with Crippen molar-refractivity contribution in [1.29, 1.82) is 0 Å². The van der Waals surface area contributed by atoms with Crippen molar-refractivity contribution in [2.75, 3.05) is 17.7 Å². The lowest BCUT2D eigenvalue weighted by atomic mass is 10.1. The van der Waals surface area contributed by atoms with E-state index in [1.807, 2.05) is 31.3 Å². The quantitative estimate of drug-likeness (QED) is 0.638. The van der Waals surface area contributed by atoms with Crippen molar-refractivity contribution < 1.29 is 14.3 Å². The summed E-state index contributed by atoms with van der Waals surface area (Å²) in [5.41, 5.74) is 2.99. The number of aromatic nitrogens is 1. The second kappa shape index (κ2) is 7.19. The average Bonchev–Trinajstić information content (AvgIpc) is 3.09. The van der Waals surface area contributed by atoms with Crippen LogP contribution in [0.1, 0.15) is 18.6 Å². The molecule has 3 N–H and O–H groups in total. The van der Waals surface area contributed by atoms with Crippen molar-refractivity contribution in [3.05, 3.63) is 60.3 Å². The lowest BCUT2D eigenvalue weighted by Gasteiger charge is -2.12. The van der Waals surface area contributed by atoms with Gasteiger partial charge in [-0.2, -0.15) is 0 Å². The average molecular weight is 337 g/mol. The molecule has 3 rings (SSSR count). The van der Waals surface area contributed by atoms with Gasteiger partial charge in [0.2, 0.25) is 0 Å². The predicted molar refractivity (Wildman–Crippen MR) is 97.4 cm³/mol. The highest BCUT2D eigenvalue weighted by molar-refractivity contribution is 6.43. The Kier molecular flexibility index (Phi) is 4.81. The number of aromatic amines is 1. The normalized spacial score (nSPS) is 11.9. The van der Waals surface area contributed by atoms with Crippen molar-refractivity contribution >= 4 is 34.1 Å². The first-order chi connectivity index (χ1) is 12.1. The summed E-state index contributed by atoms with van der Waals surface area (Å²) in [6, 6.07) is 14.5. The molecule has 0 spiro atoms. The van der Waals surface area contributed by atoms with Gasteiger partial charge in [-0.3, -0.25) is 9.59 Å². The van der Waals surface area contributed by atoms with E-state index in [1.165, 1.54) is 0 Å². The number of hydrogen-bond acceptors (Lipinski definition) is 3. The molecule has 0 aliphatic heterocycles. The Morgan fingerprint density at radius 2 is 1.72 bits per heavy atom. The second-order valence-corrected chi connectivity index (χ2v) is 5.69. The topological polar surface area (TPSA) is 83.2 Å². The third-order valence-corrected chi connectivity index (χ3v) is 3.98. The number of ether oxygens (including phenoxy) is 1. The van der Waals surface area contributed by atoms with Crippen molar-refractivity contribution in [1.82, 2.24) is 4.98 Å². The number of rotatable bonds is 4. The van der Waals surface area contributed by atoms with Gasteiger partial charge < -0.3 is 20.4 Å². The van der Waals surface area contributed by atoms with E-state index < -0.39 is 11.8 Å². The maximum Gasteiger partial charge on any atom is 0.314 e. The molecule has 3 aromatic rings. The van der Waals surface area contributed by atoms with Crippen LogP contribution < -0.4 is 10.6 Å².